The molecule has 1 heteroatoms. The largest absolute Gasteiger partial charge is 0.295 e. The van der Waals surface area contributed by atoms with E-state index in [-0.39, 0.29) is 11.2 Å². The molecule has 0 radical (unpaired) electrons. The Kier molecular flexibility index (Phi) is 4.21. The molecular formula is C23H26O. The molecule has 124 valence electrons. The molecule has 24 heavy (non-hydrogen) atoms. The van der Waals surface area contributed by atoms with Crippen molar-refractivity contribution in [2.45, 2.75) is 52.4 Å². The van der Waals surface area contributed by atoms with E-state index in [0.29, 0.717) is 0 Å². The van der Waals surface area contributed by atoms with Gasteiger partial charge in [0.1, 0.15) is 0 Å². The second-order valence-corrected chi connectivity index (χ2v) is 7.67. The summed E-state index contributed by atoms with van der Waals surface area (Å²) in [5.41, 5.74) is 8.56. The molecule has 0 heterocycles. The van der Waals surface area contributed by atoms with Gasteiger partial charge in [-0.3, -0.25) is 4.79 Å². The summed E-state index contributed by atoms with van der Waals surface area (Å²) in [5.74, 6) is 0.0962. The average Bonchev–Trinajstić information content (AvgIpc) is 2.53. The lowest BCUT2D eigenvalue weighted by Gasteiger charge is -2.33. The molecule has 2 aromatic carbocycles. The van der Waals surface area contributed by atoms with Crippen LogP contribution in [0.1, 0.15) is 71.8 Å². The van der Waals surface area contributed by atoms with Crippen molar-refractivity contribution in [1.82, 2.24) is 0 Å². The van der Waals surface area contributed by atoms with Crippen molar-refractivity contribution >= 4 is 11.4 Å². The first-order valence-corrected chi connectivity index (χ1v) is 8.74. The summed E-state index contributed by atoms with van der Waals surface area (Å²) in [6, 6.07) is 12.5. The molecule has 0 atom stereocenters. The van der Waals surface area contributed by atoms with Gasteiger partial charge in [0.15, 0.2) is 5.78 Å². The summed E-state index contributed by atoms with van der Waals surface area (Å²) in [6.45, 7) is 12.8. The molecule has 3 rings (SSSR count). The summed E-state index contributed by atoms with van der Waals surface area (Å²) >= 11 is 0. The van der Waals surface area contributed by atoms with Gasteiger partial charge in [0.2, 0.25) is 0 Å². The van der Waals surface area contributed by atoms with E-state index in [0.717, 1.165) is 16.7 Å². The predicted octanol–water partition coefficient (Wildman–Crippen LogP) is 5.87. The quantitative estimate of drug-likeness (QED) is 0.646. The number of fused-ring (bicyclic) bond motifs is 1. The molecule has 1 aliphatic rings. The fourth-order valence-corrected chi connectivity index (χ4v) is 3.85. The summed E-state index contributed by atoms with van der Waals surface area (Å²) in [6.07, 6.45) is 3.69. The van der Waals surface area contributed by atoms with E-state index in [9.17, 15) is 4.79 Å². The van der Waals surface area contributed by atoms with Crippen molar-refractivity contribution in [2.75, 3.05) is 0 Å². The number of rotatable bonds is 3. The zero-order valence-electron chi connectivity index (χ0n) is 15.2. The summed E-state index contributed by atoms with van der Waals surface area (Å²) in [4.78, 5) is 11.5. The van der Waals surface area contributed by atoms with Crippen LogP contribution in [0.15, 0.2) is 43.0 Å². The molecular weight excluding hydrogens is 292 g/mol. The van der Waals surface area contributed by atoms with Crippen LogP contribution in [-0.4, -0.2) is 5.78 Å². The van der Waals surface area contributed by atoms with Gasteiger partial charge in [-0.25, -0.2) is 0 Å². The number of ketones is 1. The third-order valence-corrected chi connectivity index (χ3v) is 5.39. The Morgan fingerprint density at radius 2 is 1.71 bits per heavy atom. The zero-order valence-corrected chi connectivity index (χ0v) is 15.2. The highest BCUT2D eigenvalue weighted by Crippen LogP contribution is 2.39. The first-order valence-electron chi connectivity index (χ1n) is 8.74. The summed E-state index contributed by atoms with van der Waals surface area (Å²) in [5, 5.41) is 0. The van der Waals surface area contributed by atoms with Crippen molar-refractivity contribution in [3.8, 4) is 0 Å². The van der Waals surface area contributed by atoms with Gasteiger partial charge in [-0.2, -0.15) is 0 Å². The van der Waals surface area contributed by atoms with Gasteiger partial charge in [-0.15, -0.1) is 0 Å². The topological polar surface area (TPSA) is 17.1 Å². The summed E-state index contributed by atoms with van der Waals surface area (Å²) in [7, 11) is 0. The number of aryl methyl sites for hydroxylation is 2. The molecule has 1 nitrogen and oxygen atoms in total. The molecule has 0 spiro atoms. The van der Waals surface area contributed by atoms with E-state index in [1.54, 1.807) is 6.92 Å². The molecule has 2 aromatic rings. The van der Waals surface area contributed by atoms with E-state index >= 15 is 0 Å². The van der Waals surface area contributed by atoms with Crippen LogP contribution in [0.4, 0.5) is 0 Å². The van der Waals surface area contributed by atoms with Crippen LogP contribution in [0.3, 0.4) is 0 Å². The third-order valence-electron chi connectivity index (χ3n) is 5.39. The lowest BCUT2D eigenvalue weighted by atomic mass is 9.71. The van der Waals surface area contributed by atoms with Gasteiger partial charge in [0.05, 0.1) is 0 Å². The van der Waals surface area contributed by atoms with Crippen LogP contribution in [-0.2, 0) is 11.8 Å². The van der Waals surface area contributed by atoms with E-state index in [1.807, 2.05) is 24.3 Å². The number of carbonyl (C=O) groups is 1. The maximum absolute atomic E-state index is 11.5. The number of hydrogen-bond acceptors (Lipinski definition) is 1. The number of hydrogen-bond donors (Lipinski definition) is 0. The van der Waals surface area contributed by atoms with E-state index in [2.05, 4.69) is 39.5 Å². The van der Waals surface area contributed by atoms with Gasteiger partial charge < -0.3 is 0 Å². The number of benzene rings is 2. The monoisotopic (exact) mass is 318 g/mol. The molecule has 0 saturated heterocycles. The highest BCUT2D eigenvalue weighted by molar-refractivity contribution is 5.94. The minimum Gasteiger partial charge on any atom is -0.295 e. The predicted molar refractivity (Wildman–Crippen MR) is 102 cm³/mol. The Morgan fingerprint density at radius 3 is 2.33 bits per heavy atom. The molecule has 0 fully saturated rings. The summed E-state index contributed by atoms with van der Waals surface area (Å²) < 4.78 is 0. The molecule has 0 N–H and O–H groups in total. The standard InChI is InChI=1S/C23H26O/c1-15-13-20-7-6-12-23(4,5)22(20)14-21(15)16(2)18-8-10-19(11-9-18)17(3)24/h8-11,13-14H,2,6-7,12H2,1,3-5H3. The van der Waals surface area contributed by atoms with Gasteiger partial charge >= 0.3 is 0 Å². The molecule has 0 bridgehead atoms. The highest BCUT2D eigenvalue weighted by Gasteiger charge is 2.28. The van der Waals surface area contributed by atoms with Crippen molar-refractivity contribution in [3.05, 3.63) is 76.4 Å². The van der Waals surface area contributed by atoms with E-state index < -0.39 is 0 Å². The molecule has 1 aliphatic carbocycles. The van der Waals surface area contributed by atoms with Crippen molar-refractivity contribution in [3.63, 3.8) is 0 Å². The lowest BCUT2D eigenvalue weighted by Crippen LogP contribution is -2.24. The van der Waals surface area contributed by atoms with Gasteiger partial charge in [-0.1, -0.05) is 56.8 Å². The first-order chi connectivity index (χ1) is 11.3. The van der Waals surface area contributed by atoms with Crippen LogP contribution >= 0.6 is 0 Å². The van der Waals surface area contributed by atoms with Crippen molar-refractivity contribution in [1.29, 1.82) is 0 Å². The first kappa shape index (κ1) is 16.7. The fourth-order valence-electron chi connectivity index (χ4n) is 3.85. The zero-order chi connectivity index (χ0) is 17.5. The van der Waals surface area contributed by atoms with Gasteiger partial charge in [-0.05, 0) is 71.9 Å². The van der Waals surface area contributed by atoms with Crippen LogP contribution in [0.25, 0.3) is 5.57 Å². The molecule has 0 amide bonds. The maximum atomic E-state index is 11.5. The maximum Gasteiger partial charge on any atom is 0.159 e. The van der Waals surface area contributed by atoms with Gasteiger partial charge in [0.25, 0.3) is 0 Å². The fraction of sp³-hybridized carbons (Fsp3) is 0.348. The average molecular weight is 318 g/mol. The normalized spacial score (nSPS) is 15.7. The smallest absolute Gasteiger partial charge is 0.159 e. The van der Waals surface area contributed by atoms with E-state index in [1.165, 1.54) is 41.5 Å². The minimum absolute atomic E-state index is 0.0962. The SMILES string of the molecule is C=C(c1ccc(C(C)=O)cc1)c1cc2c(cc1C)CCCC2(C)C. The Balaban J connectivity index is 2.02. The van der Waals surface area contributed by atoms with Gasteiger partial charge in [0, 0.05) is 5.56 Å². The van der Waals surface area contributed by atoms with Crippen LogP contribution < -0.4 is 0 Å². The molecule has 0 unspecified atom stereocenters. The van der Waals surface area contributed by atoms with Crippen molar-refractivity contribution < 1.29 is 4.79 Å². The molecule has 0 aromatic heterocycles. The van der Waals surface area contributed by atoms with Crippen LogP contribution in [0, 0.1) is 6.92 Å². The van der Waals surface area contributed by atoms with Crippen LogP contribution in [0.5, 0.6) is 0 Å². The highest BCUT2D eigenvalue weighted by atomic mass is 16.1. The molecule has 0 saturated carbocycles. The Bertz CT molecular complexity index is 807. The number of carbonyl (C=O) groups excluding carboxylic acids is 1. The molecule has 0 aliphatic heterocycles. The van der Waals surface area contributed by atoms with E-state index in [4.69, 9.17) is 0 Å². The number of Topliss-reactive ketones (excluding diaryl/α,β-unsaturated/α-hetero) is 1. The Labute approximate surface area is 145 Å². The Morgan fingerprint density at radius 1 is 1.08 bits per heavy atom. The Hall–Kier alpha value is -2.15. The van der Waals surface area contributed by atoms with Crippen molar-refractivity contribution in [2.24, 2.45) is 0 Å². The second kappa shape index (κ2) is 6.05. The second-order valence-electron chi connectivity index (χ2n) is 7.67. The third kappa shape index (κ3) is 2.96. The minimum atomic E-state index is 0.0962. The lowest BCUT2D eigenvalue weighted by molar-refractivity contribution is 0.101. The van der Waals surface area contributed by atoms with Crippen LogP contribution in [0.2, 0.25) is 0 Å².